The van der Waals surface area contributed by atoms with Crippen molar-refractivity contribution in [3.05, 3.63) is 0 Å². The fraction of sp³-hybridized carbons (Fsp3) is 1.00. The van der Waals surface area contributed by atoms with E-state index in [-0.39, 0.29) is 0 Å². The minimum Gasteiger partial charge on any atom is -0.325 e. The number of nitrogens with two attached hydrogens (primary N) is 1. The molecule has 1 atom stereocenters. The Kier molecular flexibility index (Phi) is 5.68. The van der Waals surface area contributed by atoms with Crippen molar-refractivity contribution in [2.75, 3.05) is 6.54 Å². The highest BCUT2D eigenvalue weighted by Crippen LogP contribution is 2.58. The zero-order valence-electron chi connectivity index (χ0n) is 10.9. The molecular weight excluding hydrogens is 411 g/mol. The van der Waals surface area contributed by atoms with E-state index in [9.17, 15) is 65.9 Å². The maximum atomic E-state index is 13.0. The van der Waals surface area contributed by atoms with E-state index in [1.54, 1.807) is 0 Å². The Morgan fingerprint density at radius 3 is 1.12 bits per heavy atom. The average Bonchev–Trinajstić information content (AvgIpc) is 2.34. The van der Waals surface area contributed by atoms with Crippen LogP contribution in [0.25, 0.3) is 0 Å². The molecule has 17 heteroatoms. The molecule has 2 nitrogen and oxygen atoms in total. The Morgan fingerprint density at radius 2 is 0.880 bits per heavy atom. The van der Waals surface area contributed by atoms with Gasteiger partial charge in [-0.1, -0.05) is 0 Å². The van der Waals surface area contributed by atoms with Gasteiger partial charge in [0.25, 0.3) is 0 Å². The standard InChI is InChI=1S/C8H4F15NO/c9-2(1-24,6(16,17)18)25-8(22,23)5(14,15)3(10,11)4(12,13)7(19,20)21/h1,24H2. The molecule has 0 fully saturated rings. The SMILES string of the molecule is NCC(F)(OC(F)(F)C(F)(F)C(F)(F)C(F)(F)C(F)(F)F)C(F)(F)F. The summed E-state index contributed by atoms with van der Waals surface area (Å²) in [7, 11) is 0. The lowest BCUT2D eigenvalue weighted by molar-refractivity contribution is -0.493. The third-order valence-corrected chi connectivity index (χ3v) is 2.49. The van der Waals surface area contributed by atoms with Crippen molar-refractivity contribution in [1.29, 1.82) is 0 Å². The van der Waals surface area contributed by atoms with E-state index in [2.05, 4.69) is 5.73 Å². The van der Waals surface area contributed by atoms with Crippen molar-refractivity contribution < 1.29 is 70.6 Å². The summed E-state index contributed by atoms with van der Waals surface area (Å²) in [6.07, 6.45) is -21.7. The van der Waals surface area contributed by atoms with Gasteiger partial charge in [-0.15, -0.1) is 0 Å². The van der Waals surface area contributed by atoms with E-state index in [0.29, 0.717) is 0 Å². The molecule has 0 aromatic rings. The maximum Gasteiger partial charge on any atom is 0.460 e. The fourth-order valence-corrected chi connectivity index (χ4v) is 1.04. The van der Waals surface area contributed by atoms with Crippen LogP contribution >= 0.6 is 0 Å². The molecule has 0 spiro atoms. The predicted octanol–water partition coefficient (Wildman–Crippen LogP) is 4.25. The summed E-state index contributed by atoms with van der Waals surface area (Å²) >= 11 is 0. The Hall–Kier alpha value is -1.13. The van der Waals surface area contributed by atoms with Crippen LogP contribution in [0.1, 0.15) is 0 Å². The molecule has 0 aromatic heterocycles. The first-order valence-electron chi connectivity index (χ1n) is 5.25. The van der Waals surface area contributed by atoms with E-state index in [4.69, 9.17) is 0 Å². The topological polar surface area (TPSA) is 35.2 Å². The molecule has 0 saturated carbocycles. The molecule has 0 saturated heterocycles. The molecule has 2 N–H and O–H groups in total. The maximum absolute atomic E-state index is 13.0. The van der Waals surface area contributed by atoms with E-state index < -0.39 is 48.6 Å². The molecule has 0 heterocycles. The van der Waals surface area contributed by atoms with E-state index in [1.165, 1.54) is 0 Å². The second kappa shape index (κ2) is 5.95. The first-order chi connectivity index (χ1) is 10.5. The molecule has 0 bridgehead atoms. The van der Waals surface area contributed by atoms with Gasteiger partial charge in [-0.2, -0.15) is 61.5 Å². The molecule has 152 valence electrons. The Bertz CT molecular complexity index is 479. The molecule has 1 unspecified atom stereocenters. The number of rotatable bonds is 6. The largest absolute Gasteiger partial charge is 0.460 e. The number of hydrogen-bond acceptors (Lipinski definition) is 2. The first-order valence-corrected chi connectivity index (χ1v) is 5.25. The fourth-order valence-electron chi connectivity index (χ4n) is 1.04. The first kappa shape index (κ1) is 23.9. The second-order valence-corrected chi connectivity index (χ2v) is 4.27. The monoisotopic (exact) mass is 415 g/mol. The number of alkyl halides is 15. The Balaban J connectivity index is 6.14. The van der Waals surface area contributed by atoms with Gasteiger partial charge >= 0.3 is 42.1 Å². The van der Waals surface area contributed by atoms with Crippen LogP contribution in [0.3, 0.4) is 0 Å². The van der Waals surface area contributed by atoms with E-state index in [0.717, 1.165) is 0 Å². The van der Waals surface area contributed by atoms with Crippen LogP contribution in [0.4, 0.5) is 65.9 Å². The van der Waals surface area contributed by atoms with Crippen molar-refractivity contribution in [1.82, 2.24) is 0 Å². The van der Waals surface area contributed by atoms with Crippen LogP contribution in [0.2, 0.25) is 0 Å². The van der Waals surface area contributed by atoms with E-state index in [1.807, 2.05) is 4.74 Å². The molecule has 0 aliphatic rings. The van der Waals surface area contributed by atoms with Gasteiger partial charge in [0.2, 0.25) is 0 Å². The van der Waals surface area contributed by atoms with E-state index >= 15 is 0 Å². The van der Waals surface area contributed by atoms with Gasteiger partial charge in [-0.05, 0) is 0 Å². The molecule has 0 aliphatic carbocycles. The summed E-state index contributed by atoms with van der Waals surface area (Å²) in [6, 6.07) is 0. The van der Waals surface area contributed by atoms with Gasteiger partial charge in [-0.25, -0.2) is 4.39 Å². The number of ether oxygens (including phenoxy) is 1. The highest BCUT2D eigenvalue weighted by molar-refractivity contribution is 5.04. The summed E-state index contributed by atoms with van der Waals surface area (Å²) < 4.78 is 188. The smallest absolute Gasteiger partial charge is 0.325 e. The minimum atomic E-state index is -8.04. The van der Waals surface area contributed by atoms with Crippen molar-refractivity contribution in [2.24, 2.45) is 5.73 Å². The normalized spacial score (nSPS) is 18.2. The lowest BCUT2D eigenvalue weighted by Gasteiger charge is -2.39. The summed E-state index contributed by atoms with van der Waals surface area (Å²) in [4.78, 5) is 0. The summed E-state index contributed by atoms with van der Waals surface area (Å²) in [5.41, 5.74) is 3.99. The van der Waals surface area contributed by atoms with Crippen LogP contribution in [0, 0.1) is 0 Å². The van der Waals surface area contributed by atoms with Crippen LogP contribution in [-0.4, -0.2) is 48.6 Å². The van der Waals surface area contributed by atoms with Gasteiger partial charge in [0, 0.05) is 0 Å². The third-order valence-electron chi connectivity index (χ3n) is 2.49. The summed E-state index contributed by atoms with van der Waals surface area (Å²) in [5, 5.41) is 0. The average molecular weight is 415 g/mol. The van der Waals surface area contributed by atoms with Gasteiger partial charge in [0.15, 0.2) is 0 Å². The zero-order valence-corrected chi connectivity index (χ0v) is 10.9. The van der Waals surface area contributed by atoms with Crippen molar-refractivity contribution in [3.63, 3.8) is 0 Å². The zero-order chi connectivity index (χ0) is 20.9. The van der Waals surface area contributed by atoms with Crippen LogP contribution in [0.5, 0.6) is 0 Å². The summed E-state index contributed by atoms with van der Waals surface area (Å²) in [6.45, 7) is -2.75. The second-order valence-electron chi connectivity index (χ2n) is 4.27. The third kappa shape index (κ3) is 3.56. The van der Waals surface area contributed by atoms with Gasteiger partial charge in [0.1, 0.15) is 0 Å². The quantitative estimate of drug-likeness (QED) is 0.659. The molecule has 0 radical (unpaired) electrons. The molecule has 0 aliphatic heterocycles. The van der Waals surface area contributed by atoms with Gasteiger partial charge < -0.3 is 5.73 Å². The molecule has 0 rings (SSSR count). The number of hydrogen-bond donors (Lipinski definition) is 1. The van der Waals surface area contributed by atoms with Gasteiger partial charge in [0.05, 0.1) is 6.54 Å². The Morgan fingerprint density at radius 1 is 0.520 bits per heavy atom. The lowest BCUT2D eigenvalue weighted by Crippen LogP contribution is -2.69. The highest BCUT2D eigenvalue weighted by atomic mass is 19.4. The highest BCUT2D eigenvalue weighted by Gasteiger charge is 2.89. The number of halogens is 15. The Labute approximate surface area is 126 Å². The molecular formula is C8H4F15NO. The van der Waals surface area contributed by atoms with Crippen molar-refractivity contribution in [3.8, 4) is 0 Å². The molecule has 0 amide bonds. The minimum absolute atomic E-state index is 1.82. The predicted molar refractivity (Wildman–Crippen MR) is 45.9 cm³/mol. The van der Waals surface area contributed by atoms with Crippen molar-refractivity contribution in [2.45, 2.75) is 42.1 Å². The summed E-state index contributed by atoms with van der Waals surface area (Å²) in [5.74, 6) is -29.8. The molecule has 25 heavy (non-hydrogen) atoms. The van der Waals surface area contributed by atoms with Crippen LogP contribution in [0.15, 0.2) is 0 Å². The molecule has 0 aromatic carbocycles. The van der Waals surface area contributed by atoms with Crippen molar-refractivity contribution >= 4 is 0 Å². The lowest BCUT2D eigenvalue weighted by atomic mass is 10.0. The van der Waals surface area contributed by atoms with Crippen LogP contribution < -0.4 is 5.73 Å². The van der Waals surface area contributed by atoms with Crippen LogP contribution in [-0.2, 0) is 4.74 Å². The van der Waals surface area contributed by atoms with Gasteiger partial charge in [-0.3, -0.25) is 4.74 Å².